The first kappa shape index (κ1) is 20.8. The molecule has 2 heterocycles. The highest BCUT2D eigenvalue weighted by atomic mass is 16.2. The van der Waals surface area contributed by atoms with Gasteiger partial charge in [0.2, 0.25) is 11.8 Å². The molecule has 0 aliphatic carbocycles. The van der Waals surface area contributed by atoms with Gasteiger partial charge in [-0.05, 0) is 39.3 Å². The van der Waals surface area contributed by atoms with Crippen molar-refractivity contribution in [3.63, 3.8) is 0 Å². The Morgan fingerprint density at radius 3 is 2.61 bits per heavy atom. The van der Waals surface area contributed by atoms with Gasteiger partial charge in [0.1, 0.15) is 6.04 Å². The third-order valence-corrected chi connectivity index (χ3v) is 6.39. The topological polar surface area (TPSA) is 55.9 Å². The molecule has 3 atom stereocenters. The van der Waals surface area contributed by atoms with Crippen LogP contribution in [0.3, 0.4) is 0 Å². The van der Waals surface area contributed by atoms with Gasteiger partial charge in [0.05, 0.1) is 0 Å². The van der Waals surface area contributed by atoms with E-state index in [-0.39, 0.29) is 29.9 Å². The molecule has 28 heavy (non-hydrogen) atoms. The molecule has 2 aliphatic heterocycles. The van der Waals surface area contributed by atoms with Crippen molar-refractivity contribution in [2.45, 2.75) is 57.8 Å². The molecule has 0 unspecified atom stereocenters. The highest BCUT2D eigenvalue weighted by molar-refractivity contribution is 5.83. The van der Waals surface area contributed by atoms with E-state index in [9.17, 15) is 9.59 Å². The van der Waals surface area contributed by atoms with Gasteiger partial charge in [-0.1, -0.05) is 30.3 Å². The molecule has 154 valence electrons. The first-order chi connectivity index (χ1) is 13.5. The molecule has 1 aromatic rings. The minimum atomic E-state index is -0.117. The first-order valence-corrected chi connectivity index (χ1v) is 10.6. The maximum atomic E-state index is 12.9. The van der Waals surface area contributed by atoms with Crippen LogP contribution in [0.25, 0.3) is 0 Å². The van der Waals surface area contributed by atoms with Gasteiger partial charge in [0.25, 0.3) is 0 Å². The molecule has 1 N–H and O–H groups in total. The van der Waals surface area contributed by atoms with Gasteiger partial charge < -0.3 is 10.2 Å². The zero-order valence-corrected chi connectivity index (χ0v) is 17.4. The summed E-state index contributed by atoms with van der Waals surface area (Å²) in [6.07, 6.45) is 2.31. The van der Waals surface area contributed by atoms with E-state index in [2.05, 4.69) is 34.3 Å². The molecule has 3 rings (SSSR count). The third kappa shape index (κ3) is 4.55. The van der Waals surface area contributed by atoms with E-state index in [0.717, 1.165) is 39.0 Å². The molecule has 2 fully saturated rings. The summed E-state index contributed by atoms with van der Waals surface area (Å²) in [6, 6.07) is 10.6. The van der Waals surface area contributed by atoms with Crippen molar-refractivity contribution in [1.82, 2.24) is 20.0 Å². The molecule has 2 saturated heterocycles. The lowest BCUT2D eigenvalue weighted by atomic mass is 10.0. The van der Waals surface area contributed by atoms with Crippen molar-refractivity contribution in [3.8, 4) is 0 Å². The Kier molecular flexibility index (Phi) is 7.08. The Hall–Kier alpha value is -1.92. The van der Waals surface area contributed by atoms with Crippen molar-refractivity contribution in [2.24, 2.45) is 0 Å². The number of hydrogen-bond donors (Lipinski definition) is 1. The number of hydrogen-bond acceptors (Lipinski definition) is 4. The van der Waals surface area contributed by atoms with Crippen molar-refractivity contribution >= 4 is 11.8 Å². The van der Waals surface area contributed by atoms with Crippen molar-refractivity contribution in [2.75, 3.05) is 33.2 Å². The minimum Gasteiger partial charge on any atom is -0.353 e. The van der Waals surface area contributed by atoms with Crippen LogP contribution in [-0.2, 0) is 16.1 Å². The predicted molar refractivity (Wildman–Crippen MR) is 111 cm³/mol. The second-order valence-corrected chi connectivity index (χ2v) is 7.93. The highest BCUT2D eigenvalue weighted by Crippen LogP contribution is 2.28. The maximum absolute atomic E-state index is 12.9. The minimum absolute atomic E-state index is 0.117. The van der Waals surface area contributed by atoms with Crippen LogP contribution < -0.4 is 5.32 Å². The van der Waals surface area contributed by atoms with Gasteiger partial charge >= 0.3 is 0 Å². The standard InChI is InChI=1S/C22H34N4O2/c1-4-25(5-2)20(27)12-11-18-15-23-22(28)21-19(24(18)3)13-14-26(21)16-17-9-7-6-8-10-17/h6-10,18-19,21H,4-5,11-16H2,1-3H3,(H,23,28)/t18-,19+,21-/m0/s1. The predicted octanol–water partition coefficient (Wildman–Crippen LogP) is 1.71. The van der Waals surface area contributed by atoms with Gasteiger partial charge in [-0.3, -0.25) is 19.4 Å². The number of likely N-dealkylation sites (tertiary alicyclic amines) is 1. The summed E-state index contributed by atoms with van der Waals surface area (Å²) in [5.41, 5.74) is 1.24. The van der Waals surface area contributed by atoms with Crippen molar-refractivity contribution in [3.05, 3.63) is 35.9 Å². The SMILES string of the molecule is CCN(CC)C(=O)CC[C@H]1CNC(=O)[C@@H]2[C@@H](CCN2Cc2ccccc2)N1C. The van der Waals surface area contributed by atoms with E-state index in [1.54, 1.807) is 0 Å². The van der Waals surface area contributed by atoms with E-state index < -0.39 is 0 Å². The van der Waals surface area contributed by atoms with E-state index in [4.69, 9.17) is 0 Å². The van der Waals surface area contributed by atoms with Gasteiger partial charge in [-0.2, -0.15) is 0 Å². The molecular weight excluding hydrogens is 352 g/mol. The summed E-state index contributed by atoms with van der Waals surface area (Å²) < 4.78 is 0. The maximum Gasteiger partial charge on any atom is 0.239 e. The summed E-state index contributed by atoms with van der Waals surface area (Å²) in [7, 11) is 2.12. The molecular formula is C22H34N4O2. The number of carbonyl (C=O) groups is 2. The van der Waals surface area contributed by atoms with E-state index >= 15 is 0 Å². The van der Waals surface area contributed by atoms with Crippen LogP contribution in [0, 0.1) is 0 Å². The lowest BCUT2D eigenvalue weighted by Gasteiger charge is -2.33. The zero-order chi connectivity index (χ0) is 20.1. The average molecular weight is 387 g/mol. The Balaban J connectivity index is 1.64. The highest BCUT2D eigenvalue weighted by Gasteiger charge is 2.44. The van der Waals surface area contributed by atoms with Crippen molar-refractivity contribution in [1.29, 1.82) is 0 Å². The van der Waals surface area contributed by atoms with Crippen LogP contribution >= 0.6 is 0 Å². The third-order valence-electron chi connectivity index (χ3n) is 6.39. The van der Waals surface area contributed by atoms with Crippen LogP contribution in [0.5, 0.6) is 0 Å². The van der Waals surface area contributed by atoms with Gasteiger partial charge in [0.15, 0.2) is 0 Å². The van der Waals surface area contributed by atoms with Crippen LogP contribution in [0.15, 0.2) is 30.3 Å². The van der Waals surface area contributed by atoms with Crippen LogP contribution in [0.2, 0.25) is 0 Å². The smallest absolute Gasteiger partial charge is 0.239 e. The number of carbonyl (C=O) groups excluding carboxylic acids is 2. The van der Waals surface area contributed by atoms with E-state index in [0.29, 0.717) is 13.0 Å². The molecule has 2 aliphatic rings. The Morgan fingerprint density at radius 2 is 1.93 bits per heavy atom. The number of nitrogens with one attached hydrogen (secondary N) is 1. The van der Waals surface area contributed by atoms with E-state index in [1.807, 2.05) is 36.9 Å². The fourth-order valence-corrected chi connectivity index (χ4v) is 4.67. The second kappa shape index (κ2) is 9.52. The second-order valence-electron chi connectivity index (χ2n) is 7.93. The molecule has 6 heteroatoms. The molecule has 0 bridgehead atoms. The monoisotopic (exact) mass is 386 g/mol. The molecule has 6 nitrogen and oxygen atoms in total. The van der Waals surface area contributed by atoms with Crippen molar-refractivity contribution < 1.29 is 9.59 Å². The average Bonchev–Trinajstić information content (AvgIpc) is 3.07. The van der Waals surface area contributed by atoms with Crippen LogP contribution in [-0.4, -0.2) is 77.9 Å². The van der Waals surface area contributed by atoms with Gasteiger partial charge in [-0.15, -0.1) is 0 Å². The van der Waals surface area contributed by atoms with Gasteiger partial charge in [-0.25, -0.2) is 0 Å². The Bertz CT molecular complexity index is 662. The number of likely N-dealkylation sites (N-methyl/N-ethyl adjacent to an activating group) is 1. The number of amides is 2. The normalized spacial score (nSPS) is 25.8. The zero-order valence-electron chi connectivity index (χ0n) is 17.4. The number of fused-ring (bicyclic) bond motifs is 1. The number of nitrogens with zero attached hydrogens (tertiary/aromatic N) is 3. The quantitative estimate of drug-likeness (QED) is 0.775. The Labute approximate surface area is 168 Å². The first-order valence-electron chi connectivity index (χ1n) is 10.6. The van der Waals surface area contributed by atoms with Gasteiger partial charge in [0, 0.05) is 51.2 Å². The molecule has 0 spiro atoms. The summed E-state index contributed by atoms with van der Waals surface area (Å²) in [5.74, 6) is 0.338. The Morgan fingerprint density at radius 1 is 1.21 bits per heavy atom. The molecule has 2 amide bonds. The summed E-state index contributed by atoms with van der Waals surface area (Å²) in [4.78, 5) is 31.8. The lowest BCUT2D eigenvalue weighted by Crippen LogP contribution is -2.49. The number of benzene rings is 1. The molecule has 0 saturated carbocycles. The number of rotatable bonds is 7. The molecule has 0 radical (unpaired) electrons. The summed E-state index contributed by atoms with van der Waals surface area (Å²) >= 11 is 0. The van der Waals surface area contributed by atoms with Crippen LogP contribution in [0.1, 0.15) is 38.7 Å². The largest absolute Gasteiger partial charge is 0.353 e. The summed E-state index contributed by atoms with van der Waals surface area (Å²) in [5, 5.41) is 3.15. The lowest BCUT2D eigenvalue weighted by molar-refractivity contribution is -0.131. The fourth-order valence-electron chi connectivity index (χ4n) is 4.67. The fraction of sp³-hybridized carbons (Fsp3) is 0.636. The van der Waals surface area contributed by atoms with E-state index in [1.165, 1.54) is 5.56 Å². The summed E-state index contributed by atoms with van der Waals surface area (Å²) in [6.45, 7) is 7.89. The molecule has 1 aromatic carbocycles. The van der Waals surface area contributed by atoms with Crippen LogP contribution in [0.4, 0.5) is 0 Å². The molecule has 0 aromatic heterocycles.